The second-order valence-corrected chi connectivity index (χ2v) is 5.47. The Morgan fingerprint density at radius 2 is 1.68 bits per heavy atom. The van der Waals surface area contributed by atoms with Gasteiger partial charge in [0.15, 0.2) is 0 Å². The van der Waals surface area contributed by atoms with Crippen molar-refractivity contribution in [2.45, 2.75) is 18.3 Å². The summed E-state index contributed by atoms with van der Waals surface area (Å²) < 4.78 is 10.5. The molecule has 0 heterocycles. The van der Waals surface area contributed by atoms with E-state index in [2.05, 4.69) is 5.32 Å². The first-order valence-electron chi connectivity index (χ1n) is 7.28. The normalized spacial score (nSPS) is 15.0. The molecule has 1 fully saturated rings. The molecular weight excluding hydrogens is 278 g/mol. The lowest BCUT2D eigenvalue weighted by atomic mass is 9.94. The van der Waals surface area contributed by atoms with Crippen LogP contribution in [0.3, 0.4) is 0 Å². The molecule has 4 heteroatoms. The van der Waals surface area contributed by atoms with Gasteiger partial charge in [0, 0.05) is 11.3 Å². The monoisotopic (exact) mass is 297 g/mol. The predicted octanol–water partition coefficient (Wildman–Crippen LogP) is 3.37. The number of ether oxygens (including phenoxy) is 2. The molecule has 0 atom stereocenters. The number of anilines is 1. The average Bonchev–Trinajstić information content (AvgIpc) is 3.37. The van der Waals surface area contributed by atoms with Crippen LogP contribution in [0.2, 0.25) is 0 Å². The third-order valence-electron chi connectivity index (χ3n) is 4.16. The van der Waals surface area contributed by atoms with Crippen molar-refractivity contribution in [2.24, 2.45) is 0 Å². The van der Waals surface area contributed by atoms with Crippen LogP contribution in [-0.2, 0) is 10.2 Å². The van der Waals surface area contributed by atoms with Crippen molar-refractivity contribution < 1.29 is 14.3 Å². The van der Waals surface area contributed by atoms with E-state index in [0.29, 0.717) is 0 Å². The summed E-state index contributed by atoms with van der Waals surface area (Å²) >= 11 is 0. The van der Waals surface area contributed by atoms with Gasteiger partial charge in [-0.3, -0.25) is 4.79 Å². The minimum Gasteiger partial charge on any atom is -0.497 e. The fourth-order valence-electron chi connectivity index (χ4n) is 2.71. The van der Waals surface area contributed by atoms with Gasteiger partial charge in [-0.15, -0.1) is 0 Å². The molecular formula is C18H19NO3. The van der Waals surface area contributed by atoms with Crippen molar-refractivity contribution >= 4 is 11.6 Å². The summed E-state index contributed by atoms with van der Waals surface area (Å²) in [5.74, 6) is 1.55. The molecule has 0 unspecified atom stereocenters. The van der Waals surface area contributed by atoms with E-state index in [4.69, 9.17) is 9.47 Å². The van der Waals surface area contributed by atoms with Crippen LogP contribution in [0.5, 0.6) is 11.5 Å². The Hall–Kier alpha value is -2.49. The van der Waals surface area contributed by atoms with E-state index in [0.717, 1.165) is 35.6 Å². The average molecular weight is 297 g/mol. The number of amides is 1. The van der Waals surface area contributed by atoms with Crippen LogP contribution in [0.1, 0.15) is 18.4 Å². The summed E-state index contributed by atoms with van der Waals surface area (Å²) in [5, 5.41) is 3.00. The molecule has 0 aliphatic heterocycles. The standard InChI is InChI=1S/C18H19NO3/c1-21-14-9-7-13(8-10-14)19-17(20)18(11-12-18)15-5-3-4-6-16(15)22-2/h3-10H,11-12H2,1-2H3,(H,19,20). The van der Waals surface area contributed by atoms with E-state index in [1.165, 1.54) is 0 Å². The van der Waals surface area contributed by atoms with Crippen LogP contribution in [0.4, 0.5) is 5.69 Å². The highest BCUT2D eigenvalue weighted by atomic mass is 16.5. The molecule has 1 aliphatic rings. The quantitative estimate of drug-likeness (QED) is 0.920. The maximum Gasteiger partial charge on any atom is 0.235 e. The molecule has 0 aromatic heterocycles. The van der Waals surface area contributed by atoms with Gasteiger partial charge in [0.25, 0.3) is 0 Å². The summed E-state index contributed by atoms with van der Waals surface area (Å²) in [5.41, 5.74) is 1.27. The van der Waals surface area contributed by atoms with Crippen molar-refractivity contribution in [3.05, 3.63) is 54.1 Å². The van der Waals surface area contributed by atoms with E-state index in [-0.39, 0.29) is 5.91 Å². The first-order chi connectivity index (χ1) is 10.7. The van der Waals surface area contributed by atoms with Gasteiger partial charge in [-0.25, -0.2) is 0 Å². The molecule has 0 bridgehead atoms. The van der Waals surface area contributed by atoms with E-state index < -0.39 is 5.41 Å². The number of hydrogen-bond donors (Lipinski definition) is 1. The maximum atomic E-state index is 12.7. The number of rotatable bonds is 5. The van der Waals surface area contributed by atoms with Crippen LogP contribution in [0, 0.1) is 0 Å². The third-order valence-corrected chi connectivity index (χ3v) is 4.16. The predicted molar refractivity (Wildman–Crippen MR) is 85.5 cm³/mol. The Morgan fingerprint density at radius 3 is 2.27 bits per heavy atom. The summed E-state index contributed by atoms with van der Waals surface area (Å²) in [7, 11) is 3.25. The van der Waals surface area contributed by atoms with Crippen molar-refractivity contribution in [2.75, 3.05) is 19.5 Å². The van der Waals surface area contributed by atoms with Gasteiger partial charge in [0.1, 0.15) is 11.5 Å². The lowest BCUT2D eigenvalue weighted by molar-refractivity contribution is -0.118. The second kappa shape index (κ2) is 5.72. The lowest BCUT2D eigenvalue weighted by Crippen LogP contribution is -2.28. The fraction of sp³-hybridized carbons (Fsp3) is 0.278. The highest BCUT2D eigenvalue weighted by Gasteiger charge is 2.52. The number of para-hydroxylation sites is 1. The molecule has 22 heavy (non-hydrogen) atoms. The van der Waals surface area contributed by atoms with Gasteiger partial charge in [0.05, 0.1) is 19.6 Å². The van der Waals surface area contributed by atoms with Crippen LogP contribution < -0.4 is 14.8 Å². The Kier molecular flexibility index (Phi) is 3.75. The number of benzene rings is 2. The van der Waals surface area contributed by atoms with Crippen LogP contribution >= 0.6 is 0 Å². The molecule has 0 radical (unpaired) electrons. The lowest BCUT2D eigenvalue weighted by Gasteiger charge is -2.18. The molecule has 1 amide bonds. The summed E-state index contributed by atoms with van der Waals surface area (Å²) in [6, 6.07) is 15.1. The molecule has 0 saturated heterocycles. The Bertz CT molecular complexity index is 675. The molecule has 114 valence electrons. The zero-order chi connectivity index (χ0) is 15.6. The van der Waals surface area contributed by atoms with Gasteiger partial charge in [0.2, 0.25) is 5.91 Å². The first-order valence-corrected chi connectivity index (χ1v) is 7.28. The summed E-state index contributed by atoms with van der Waals surface area (Å²) in [6.45, 7) is 0. The number of carbonyl (C=O) groups excluding carboxylic acids is 1. The van der Waals surface area contributed by atoms with Gasteiger partial charge in [-0.05, 0) is 43.2 Å². The summed E-state index contributed by atoms with van der Waals surface area (Å²) in [4.78, 5) is 12.7. The Balaban J connectivity index is 1.81. The highest BCUT2D eigenvalue weighted by molar-refractivity contribution is 6.01. The van der Waals surface area contributed by atoms with Gasteiger partial charge < -0.3 is 14.8 Å². The van der Waals surface area contributed by atoms with Crippen LogP contribution in [0.15, 0.2) is 48.5 Å². The molecule has 1 saturated carbocycles. The van der Waals surface area contributed by atoms with E-state index in [9.17, 15) is 4.79 Å². The zero-order valence-corrected chi connectivity index (χ0v) is 12.8. The van der Waals surface area contributed by atoms with Crippen LogP contribution in [-0.4, -0.2) is 20.1 Å². The fourth-order valence-corrected chi connectivity index (χ4v) is 2.71. The van der Waals surface area contributed by atoms with Gasteiger partial charge in [-0.1, -0.05) is 18.2 Å². The third kappa shape index (κ3) is 2.52. The molecule has 1 N–H and O–H groups in total. The number of carbonyl (C=O) groups is 1. The summed E-state index contributed by atoms with van der Waals surface area (Å²) in [6.07, 6.45) is 1.69. The van der Waals surface area contributed by atoms with Crippen molar-refractivity contribution in [1.82, 2.24) is 0 Å². The van der Waals surface area contributed by atoms with Crippen molar-refractivity contribution in [1.29, 1.82) is 0 Å². The Labute approximate surface area is 130 Å². The minimum atomic E-state index is -0.466. The maximum absolute atomic E-state index is 12.7. The number of nitrogens with one attached hydrogen (secondary N) is 1. The van der Waals surface area contributed by atoms with Crippen molar-refractivity contribution in [3.8, 4) is 11.5 Å². The van der Waals surface area contributed by atoms with E-state index in [1.807, 2.05) is 48.5 Å². The van der Waals surface area contributed by atoms with Crippen LogP contribution in [0.25, 0.3) is 0 Å². The SMILES string of the molecule is COc1ccc(NC(=O)C2(c3ccccc3OC)CC2)cc1. The smallest absolute Gasteiger partial charge is 0.235 e. The molecule has 1 aliphatic carbocycles. The van der Waals surface area contributed by atoms with E-state index >= 15 is 0 Å². The minimum absolute atomic E-state index is 0.0159. The van der Waals surface area contributed by atoms with Crippen molar-refractivity contribution in [3.63, 3.8) is 0 Å². The molecule has 4 nitrogen and oxygen atoms in total. The van der Waals surface area contributed by atoms with E-state index in [1.54, 1.807) is 14.2 Å². The Morgan fingerprint density at radius 1 is 1.00 bits per heavy atom. The first kappa shape index (κ1) is 14.4. The molecule has 2 aromatic carbocycles. The number of hydrogen-bond acceptors (Lipinski definition) is 3. The topological polar surface area (TPSA) is 47.6 Å². The number of methoxy groups -OCH3 is 2. The zero-order valence-electron chi connectivity index (χ0n) is 12.8. The van der Waals surface area contributed by atoms with Gasteiger partial charge >= 0.3 is 0 Å². The van der Waals surface area contributed by atoms with Gasteiger partial charge in [-0.2, -0.15) is 0 Å². The largest absolute Gasteiger partial charge is 0.497 e. The molecule has 3 rings (SSSR count). The second-order valence-electron chi connectivity index (χ2n) is 5.47. The molecule has 0 spiro atoms. The molecule has 2 aromatic rings. The highest BCUT2D eigenvalue weighted by Crippen LogP contribution is 2.51.